The molecule has 0 spiro atoms. The Morgan fingerprint density at radius 2 is 1.97 bits per heavy atom. The zero-order valence-electron chi connectivity index (χ0n) is 18.3. The van der Waals surface area contributed by atoms with Crippen molar-refractivity contribution in [3.05, 3.63) is 56.7 Å². The van der Waals surface area contributed by atoms with E-state index >= 15 is 0 Å². The van der Waals surface area contributed by atoms with Crippen molar-refractivity contribution < 1.29 is 4.74 Å². The molecule has 0 N–H and O–H groups in total. The quantitative estimate of drug-likeness (QED) is 0.333. The number of thioether (sulfide) groups is 1. The molecule has 2 aliphatic rings. The van der Waals surface area contributed by atoms with Gasteiger partial charge in [0.05, 0.1) is 18.1 Å². The Balaban J connectivity index is 1.59. The Labute approximate surface area is 192 Å². The van der Waals surface area contributed by atoms with Gasteiger partial charge in [-0.05, 0) is 29.9 Å². The highest BCUT2D eigenvalue weighted by Gasteiger charge is 2.30. The molecule has 1 aromatic carbocycles. The second kappa shape index (κ2) is 9.08. The number of thiophene rings is 1. The lowest BCUT2D eigenvalue weighted by atomic mass is 9.94. The summed E-state index contributed by atoms with van der Waals surface area (Å²) in [7, 11) is 0. The number of ether oxygens (including phenoxy) is 1. The largest absolute Gasteiger partial charge is 0.372 e. The molecule has 4 nitrogen and oxygen atoms in total. The fourth-order valence-corrected chi connectivity index (χ4v) is 7.02. The molecular weight excluding hydrogens is 424 g/mol. The molecule has 1 aliphatic carbocycles. The van der Waals surface area contributed by atoms with Gasteiger partial charge in [-0.15, -0.1) is 11.3 Å². The highest BCUT2D eigenvalue weighted by atomic mass is 32.2. The van der Waals surface area contributed by atoms with Crippen LogP contribution in [0.15, 0.2) is 40.3 Å². The fraction of sp³-hybridized carbons (Fsp3) is 0.520. The zero-order chi connectivity index (χ0) is 21.4. The number of benzene rings is 1. The highest BCUT2D eigenvalue weighted by Crippen LogP contribution is 2.38. The van der Waals surface area contributed by atoms with Gasteiger partial charge in [0.15, 0.2) is 5.16 Å². The van der Waals surface area contributed by atoms with E-state index in [-0.39, 0.29) is 17.7 Å². The van der Waals surface area contributed by atoms with Crippen molar-refractivity contribution in [2.75, 3.05) is 0 Å². The van der Waals surface area contributed by atoms with Crippen LogP contribution >= 0.6 is 23.1 Å². The number of nitrogens with zero attached hydrogens (tertiary/aromatic N) is 2. The third-order valence-electron chi connectivity index (χ3n) is 6.64. The van der Waals surface area contributed by atoms with Crippen LogP contribution in [0.1, 0.15) is 68.0 Å². The topological polar surface area (TPSA) is 44.1 Å². The van der Waals surface area contributed by atoms with Crippen molar-refractivity contribution in [3.8, 4) is 0 Å². The van der Waals surface area contributed by atoms with Crippen molar-refractivity contribution in [1.29, 1.82) is 0 Å². The van der Waals surface area contributed by atoms with E-state index in [0.717, 1.165) is 40.4 Å². The summed E-state index contributed by atoms with van der Waals surface area (Å²) >= 11 is 3.36. The number of hydrogen-bond donors (Lipinski definition) is 0. The molecule has 0 radical (unpaired) electrons. The lowest BCUT2D eigenvalue weighted by Gasteiger charge is -2.27. The van der Waals surface area contributed by atoms with Crippen LogP contribution < -0.4 is 5.56 Å². The molecule has 1 atom stereocenters. The molecule has 0 saturated heterocycles. The van der Waals surface area contributed by atoms with Crippen LogP contribution in [0, 0.1) is 5.92 Å². The van der Waals surface area contributed by atoms with Gasteiger partial charge < -0.3 is 4.74 Å². The van der Waals surface area contributed by atoms with Gasteiger partial charge in [-0.25, -0.2) is 4.98 Å². The van der Waals surface area contributed by atoms with Crippen LogP contribution in [-0.2, 0) is 23.5 Å². The summed E-state index contributed by atoms with van der Waals surface area (Å²) in [5.74, 6) is 1.27. The van der Waals surface area contributed by atoms with Crippen LogP contribution in [0.3, 0.4) is 0 Å². The van der Waals surface area contributed by atoms with Gasteiger partial charge in [0.25, 0.3) is 5.56 Å². The summed E-state index contributed by atoms with van der Waals surface area (Å²) < 4.78 is 8.14. The first-order valence-electron chi connectivity index (χ1n) is 11.5. The SMILES string of the molecule is CC(C)[C@H]1Cc2c(sc3nc(SCc4ccccc4)n(C4CCCCC4)c(=O)c23)CO1. The number of hydrogen-bond acceptors (Lipinski definition) is 5. The molecule has 2 aromatic heterocycles. The predicted molar refractivity (Wildman–Crippen MR) is 129 cm³/mol. The van der Waals surface area contributed by atoms with Gasteiger partial charge in [0.2, 0.25) is 0 Å². The predicted octanol–water partition coefficient (Wildman–Crippen LogP) is 6.35. The first-order chi connectivity index (χ1) is 15.1. The molecule has 1 fully saturated rings. The Morgan fingerprint density at radius 3 is 2.71 bits per heavy atom. The lowest BCUT2D eigenvalue weighted by molar-refractivity contribution is 0.00200. The van der Waals surface area contributed by atoms with Gasteiger partial charge in [0, 0.05) is 23.1 Å². The minimum atomic E-state index is 0.175. The summed E-state index contributed by atoms with van der Waals surface area (Å²) in [5, 5.41) is 1.75. The number of fused-ring (bicyclic) bond motifs is 3. The van der Waals surface area contributed by atoms with E-state index in [1.807, 2.05) is 6.07 Å². The van der Waals surface area contributed by atoms with Crippen molar-refractivity contribution in [2.24, 2.45) is 5.92 Å². The molecule has 6 heteroatoms. The van der Waals surface area contributed by atoms with E-state index in [0.29, 0.717) is 12.5 Å². The van der Waals surface area contributed by atoms with E-state index in [1.54, 1.807) is 23.1 Å². The van der Waals surface area contributed by atoms with E-state index < -0.39 is 0 Å². The second-order valence-corrected chi connectivity index (χ2v) is 11.1. The van der Waals surface area contributed by atoms with Crippen molar-refractivity contribution >= 4 is 33.3 Å². The van der Waals surface area contributed by atoms with Crippen LogP contribution in [0.25, 0.3) is 10.2 Å². The van der Waals surface area contributed by atoms with Crippen LogP contribution in [0.2, 0.25) is 0 Å². The molecule has 0 bridgehead atoms. The highest BCUT2D eigenvalue weighted by molar-refractivity contribution is 7.98. The standard InChI is InChI=1S/C25H30N2O2S2/c1-16(2)20-13-19-21(14-29-20)31-23-22(19)24(28)27(18-11-7-4-8-12-18)25(26-23)30-15-17-9-5-3-6-10-17/h3,5-6,9-10,16,18,20H,4,7-8,11-15H2,1-2H3/t20-/m1/s1. The summed E-state index contributed by atoms with van der Waals surface area (Å²) in [5.41, 5.74) is 2.64. The van der Waals surface area contributed by atoms with E-state index in [2.05, 4.69) is 42.7 Å². The van der Waals surface area contributed by atoms with Gasteiger partial charge in [0.1, 0.15) is 4.83 Å². The Hall–Kier alpha value is -1.63. The maximum Gasteiger partial charge on any atom is 0.263 e. The monoisotopic (exact) mass is 454 g/mol. The normalized spacial score (nSPS) is 19.8. The number of rotatable bonds is 5. The number of aromatic nitrogens is 2. The Bertz CT molecular complexity index is 1110. The van der Waals surface area contributed by atoms with Crippen LogP contribution in [0.5, 0.6) is 0 Å². The molecule has 31 heavy (non-hydrogen) atoms. The molecular formula is C25H30N2O2S2. The molecule has 164 valence electrons. The molecule has 0 unspecified atom stereocenters. The maximum atomic E-state index is 13.9. The van der Waals surface area contributed by atoms with E-state index in [1.165, 1.54) is 35.3 Å². The van der Waals surface area contributed by atoms with E-state index in [4.69, 9.17) is 9.72 Å². The van der Waals surface area contributed by atoms with Gasteiger partial charge >= 0.3 is 0 Å². The molecule has 3 heterocycles. The van der Waals surface area contributed by atoms with Gasteiger partial charge in [-0.1, -0.05) is 75.2 Å². The molecule has 1 aliphatic heterocycles. The minimum absolute atomic E-state index is 0.175. The zero-order valence-corrected chi connectivity index (χ0v) is 19.9. The molecule has 0 amide bonds. The molecule has 3 aromatic rings. The van der Waals surface area contributed by atoms with Crippen molar-refractivity contribution in [1.82, 2.24) is 9.55 Å². The van der Waals surface area contributed by atoms with Crippen molar-refractivity contribution in [2.45, 2.75) is 82.0 Å². The van der Waals surface area contributed by atoms with E-state index in [9.17, 15) is 4.79 Å². The first kappa shape index (κ1) is 21.2. The molecule has 5 rings (SSSR count). The molecule has 1 saturated carbocycles. The summed E-state index contributed by atoms with van der Waals surface area (Å²) in [6, 6.07) is 10.7. The minimum Gasteiger partial charge on any atom is -0.372 e. The third-order valence-corrected chi connectivity index (χ3v) is 8.76. The summed E-state index contributed by atoms with van der Waals surface area (Å²) in [4.78, 5) is 21.1. The first-order valence-corrected chi connectivity index (χ1v) is 13.3. The Morgan fingerprint density at radius 1 is 1.19 bits per heavy atom. The Kier molecular flexibility index (Phi) is 6.22. The summed E-state index contributed by atoms with van der Waals surface area (Å²) in [6.07, 6.45) is 6.83. The average Bonchev–Trinajstić information content (AvgIpc) is 3.17. The lowest BCUT2D eigenvalue weighted by Crippen LogP contribution is -2.31. The summed E-state index contributed by atoms with van der Waals surface area (Å²) in [6.45, 7) is 5.00. The average molecular weight is 455 g/mol. The van der Waals surface area contributed by atoms with Crippen LogP contribution in [-0.4, -0.2) is 15.7 Å². The van der Waals surface area contributed by atoms with Crippen LogP contribution in [0.4, 0.5) is 0 Å². The van der Waals surface area contributed by atoms with Gasteiger partial charge in [-0.2, -0.15) is 0 Å². The smallest absolute Gasteiger partial charge is 0.263 e. The van der Waals surface area contributed by atoms with Crippen molar-refractivity contribution in [3.63, 3.8) is 0 Å². The second-order valence-electron chi connectivity index (χ2n) is 9.12. The maximum absolute atomic E-state index is 13.9. The fourth-order valence-electron chi connectivity index (χ4n) is 4.83. The third kappa shape index (κ3) is 4.22. The van der Waals surface area contributed by atoms with Gasteiger partial charge in [-0.3, -0.25) is 9.36 Å².